The average Bonchev–Trinajstić information content (AvgIpc) is 3.07. The molecular weight excluding hydrogens is 733 g/mol. The quantitative estimate of drug-likeness (QED) is 0.0560. The van der Waals surface area contributed by atoms with Crippen LogP contribution in [0, 0.1) is 14.9 Å². The molecule has 0 saturated carbocycles. The fourth-order valence-corrected chi connectivity index (χ4v) is 5.57. The molecule has 0 aromatic heterocycles. The van der Waals surface area contributed by atoms with Crippen molar-refractivity contribution in [2.45, 2.75) is 39.6 Å². The minimum absolute atomic E-state index is 0.175. The van der Waals surface area contributed by atoms with Crippen molar-refractivity contribution in [3.63, 3.8) is 0 Å². The lowest BCUT2D eigenvalue weighted by Gasteiger charge is -2.28. The van der Waals surface area contributed by atoms with Crippen molar-refractivity contribution < 1.29 is 38.4 Å². The number of hydrogen-bond donors (Lipinski definition) is 4. The molecule has 2 atom stereocenters. The summed E-state index contributed by atoms with van der Waals surface area (Å²) in [7, 11) is 1.27. The molecule has 48 heavy (non-hydrogen) atoms. The average molecular weight is 770 g/mol. The first-order valence-electron chi connectivity index (χ1n) is 15.0. The number of carbonyl (C=O) groups excluding carboxylic acids is 2. The number of esters is 1. The summed E-state index contributed by atoms with van der Waals surface area (Å²) in [5.74, 6) is 1.19. The fourth-order valence-electron chi connectivity index (χ4n) is 4.79. The summed E-state index contributed by atoms with van der Waals surface area (Å²) in [5.41, 5.74) is 5.87. The molecule has 3 aromatic carbocycles. The first-order valence-corrected chi connectivity index (χ1v) is 16.1. The standard InChI is InChI=1S/C34H36IN5O8/c1-5-45-27-15-22(31-30(33(42)44-4)20(3)38-34(43)39-31)11-12-26(27)47-19-29(41)40-37-17-21-13-25(35)32(28(14-21)46-6-2)48-18-24-10-8-7-9-23(24)16-36/h7-15,17,29,31,40-41H,5-6,18-19H2,1-4H3,(H2,38,39,43)/b37-17-/t29-,31+/m1/s1. The third-order valence-corrected chi connectivity index (χ3v) is 7.75. The molecule has 0 saturated heterocycles. The topological polar surface area (TPSA) is 173 Å². The van der Waals surface area contributed by atoms with Crippen LogP contribution in [0.3, 0.4) is 0 Å². The molecule has 0 aliphatic carbocycles. The number of rotatable bonds is 15. The van der Waals surface area contributed by atoms with Gasteiger partial charge in [-0.2, -0.15) is 10.4 Å². The molecule has 1 heterocycles. The lowest BCUT2D eigenvalue weighted by atomic mass is 9.95. The maximum Gasteiger partial charge on any atom is 0.337 e. The Morgan fingerprint density at radius 1 is 1.08 bits per heavy atom. The second-order valence-corrected chi connectivity index (χ2v) is 11.4. The first-order chi connectivity index (χ1) is 23.2. The Balaban J connectivity index is 1.41. The first kappa shape index (κ1) is 35.8. The second kappa shape index (κ2) is 17.2. The number of aliphatic hydroxyl groups is 1. The van der Waals surface area contributed by atoms with E-state index in [9.17, 15) is 20.0 Å². The summed E-state index contributed by atoms with van der Waals surface area (Å²) in [6.45, 7) is 6.06. The van der Waals surface area contributed by atoms with Crippen molar-refractivity contribution in [3.05, 3.63) is 91.7 Å². The van der Waals surface area contributed by atoms with Gasteiger partial charge in [-0.15, -0.1) is 0 Å². The third-order valence-electron chi connectivity index (χ3n) is 6.95. The normalized spacial score (nSPS) is 14.8. The zero-order chi connectivity index (χ0) is 34.6. The van der Waals surface area contributed by atoms with Gasteiger partial charge in [-0.1, -0.05) is 24.3 Å². The number of nitrogens with one attached hydrogen (secondary N) is 3. The highest BCUT2D eigenvalue weighted by Crippen LogP contribution is 2.36. The number of amides is 2. The molecule has 4 N–H and O–H groups in total. The van der Waals surface area contributed by atoms with Gasteiger partial charge in [-0.25, -0.2) is 9.59 Å². The van der Waals surface area contributed by atoms with Crippen LogP contribution in [0.2, 0.25) is 0 Å². The second-order valence-electron chi connectivity index (χ2n) is 10.2. The number of hydrazone groups is 1. The Labute approximate surface area is 292 Å². The van der Waals surface area contributed by atoms with Crippen molar-refractivity contribution in [1.82, 2.24) is 16.1 Å². The molecule has 4 rings (SSSR count). The van der Waals surface area contributed by atoms with Crippen molar-refractivity contribution in [2.24, 2.45) is 5.10 Å². The molecule has 1 aliphatic rings. The molecule has 13 nitrogen and oxygen atoms in total. The van der Waals surface area contributed by atoms with Crippen LogP contribution in [-0.2, 0) is 16.1 Å². The number of carbonyl (C=O) groups is 2. The molecule has 0 fully saturated rings. The summed E-state index contributed by atoms with van der Waals surface area (Å²) >= 11 is 2.15. The summed E-state index contributed by atoms with van der Waals surface area (Å²) in [5, 5.41) is 29.4. The zero-order valence-electron chi connectivity index (χ0n) is 26.8. The maximum absolute atomic E-state index is 12.5. The van der Waals surface area contributed by atoms with Crippen molar-refractivity contribution in [2.75, 3.05) is 26.9 Å². The van der Waals surface area contributed by atoms with Crippen LogP contribution in [0.25, 0.3) is 0 Å². The van der Waals surface area contributed by atoms with E-state index in [4.69, 9.17) is 23.7 Å². The van der Waals surface area contributed by atoms with Gasteiger partial charge < -0.3 is 39.4 Å². The minimum atomic E-state index is -1.18. The van der Waals surface area contributed by atoms with Crippen molar-refractivity contribution in [1.29, 1.82) is 5.26 Å². The van der Waals surface area contributed by atoms with Crippen LogP contribution < -0.4 is 35.0 Å². The van der Waals surface area contributed by atoms with Crippen LogP contribution in [-0.4, -0.2) is 56.5 Å². The van der Waals surface area contributed by atoms with Crippen LogP contribution >= 0.6 is 22.6 Å². The van der Waals surface area contributed by atoms with E-state index in [0.29, 0.717) is 58.6 Å². The minimum Gasteiger partial charge on any atom is -0.490 e. The van der Waals surface area contributed by atoms with Crippen molar-refractivity contribution >= 4 is 40.8 Å². The Morgan fingerprint density at radius 3 is 2.56 bits per heavy atom. The molecule has 14 heteroatoms. The Morgan fingerprint density at radius 2 is 1.83 bits per heavy atom. The highest BCUT2D eigenvalue weighted by Gasteiger charge is 2.32. The van der Waals surface area contributed by atoms with Gasteiger partial charge in [-0.3, -0.25) is 5.43 Å². The van der Waals surface area contributed by atoms with E-state index >= 15 is 0 Å². The number of nitriles is 1. The van der Waals surface area contributed by atoms with E-state index in [1.807, 2.05) is 32.0 Å². The Kier molecular flexibility index (Phi) is 12.9. The van der Waals surface area contributed by atoms with Gasteiger partial charge in [0.05, 0.1) is 53.4 Å². The molecule has 252 valence electrons. The lowest BCUT2D eigenvalue weighted by Crippen LogP contribution is -2.45. The van der Waals surface area contributed by atoms with Gasteiger partial charge in [0, 0.05) is 11.3 Å². The molecular formula is C34H36IN5O8. The Hall–Kier alpha value is -5.01. The van der Waals surface area contributed by atoms with E-state index in [-0.39, 0.29) is 18.8 Å². The summed E-state index contributed by atoms with van der Waals surface area (Å²) in [6, 6.07) is 16.8. The number of urea groups is 1. The molecule has 0 unspecified atom stereocenters. The monoisotopic (exact) mass is 769 g/mol. The molecule has 0 radical (unpaired) electrons. The van der Waals surface area contributed by atoms with Gasteiger partial charge in [0.25, 0.3) is 0 Å². The highest BCUT2D eigenvalue weighted by atomic mass is 127. The number of methoxy groups -OCH3 is 1. The molecule has 0 bridgehead atoms. The molecule has 3 aromatic rings. The highest BCUT2D eigenvalue weighted by molar-refractivity contribution is 14.1. The molecule has 2 amide bonds. The van der Waals surface area contributed by atoms with Gasteiger partial charge >= 0.3 is 12.0 Å². The van der Waals surface area contributed by atoms with Crippen LogP contribution in [0.15, 0.2) is 71.0 Å². The number of hydrogen-bond acceptors (Lipinski definition) is 11. The number of halogens is 1. The van der Waals surface area contributed by atoms with E-state index in [0.717, 1.165) is 9.13 Å². The number of nitrogens with zero attached hydrogens (tertiary/aromatic N) is 2. The van der Waals surface area contributed by atoms with E-state index in [1.165, 1.54) is 13.3 Å². The lowest BCUT2D eigenvalue weighted by molar-refractivity contribution is -0.136. The number of aliphatic hydroxyl groups excluding tert-OH is 1. The maximum atomic E-state index is 12.5. The van der Waals surface area contributed by atoms with E-state index in [1.54, 1.807) is 43.3 Å². The SMILES string of the molecule is CCOc1cc([C@@H]2NC(=O)NC(C)=C2C(=O)OC)ccc1OC[C@@H](O)N/N=C\c1cc(I)c(OCc2ccccc2C#N)c(OCC)c1. The number of allylic oxidation sites excluding steroid dienone is 1. The zero-order valence-corrected chi connectivity index (χ0v) is 29.0. The van der Waals surface area contributed by atoms with E-state index < -0.39 is 24.3 Å². The van der Waals surface area contributed by atoms with Gasteiger partial charge in [-0.05, 0) is 84.8 Å². The number of ether oxygens (including phenoxy) is 5. The third kappa shape index (κ3) is 9.07. The predicted octanol–water partition coefficient (Wildman–Crippen LogP) is 4.66. The predicted molar refractivity (Wildman–Crippen MR) is 185 cm³/mol. The van der Waals surface area contributed by atoms with Crippen LogP contribution in [0.5, 0.6) is 23.0 Å². The Bertz CT molecular complexity index is 1740. The smallest absolute Gasteiger partial charge is 0.337 e. The largest absolute Gasteiger partial charge is 0.490 e. The summed E-state index contributed by atoms with van der Waals surface area (Å²) < 4.78 is 29.2. The summed E-state index contributed by atoms with van der Waals surface area (Å²) in [4.78, 5) is 24.7. The van der Waals surface area contributed by atoms with Gasteiger partial charge in [0.2, 0.25) is 0 Å². The van der Waals surface area contributed by atoms with Gasteiger partial charge in [0.1, 0.15) is 13.2 Å². The van der Waals surface area contributed by atoms with E-state index in [2.05, 4.69) is 49.8 Å². The fraction of sp³-hybridized carbons (Fsp3) is 0.294. The molecule has 1 aliphatic heterocycles. The van der Waals surface area contributed by atoms with Crippen LogP contribution in [0.4, 0.5) is 4.79 Å². The summed E-state index contributed by atoms with van der Waals surface area (Å²) in [6.07, 6.45) is 0.356. The van der Waals surface area contributed by atoms with Gasteiger partial charge in [0.15, 0.2) is 29.2 Å². The number of benzene rings is 3. The van der Waals surface area contributed by atoms with Crippen LogP contribution in [0.1, 0.15) is 49.1 Å². The van der Waals surface area contributed by atoms with Crippen molar-refractivity contribution in [3.8, 4) is 29.1 Å². The molecule has 0 spiro atoms.